The molecule has 11 heteroatoms. The van der Waals surface area contributed by atoms with Crippen LogP contribution in [-0.2, 0) is 21.4 Å². The van der Waals surface area contributed by atoms with Gasteiger partial charge >= 0.3 is 0 Å². The van der Waals surface area contributed by atoms with Gasteiger partial charge in [-0.1, -0.05) is 35.9 Å². The number of nitrogens with one attached hydrogen (secondary N) is 1. The fourth-order valence-electron chi connectivity index (χ4n) is 4.77. The SMILES string of the molecule is Cc1ccc(S(=O)(=O)n2cc(CN3CCN(CC(=O)NN=Cc4ccc(O)cc4O)CC3)c3ccccc32)cc1. The largest absolute Gasteiger partial charge is 0.508 e. The molecule has 3 aromatic carbocycles. The summed E-state index contributed by atoms with van der Waals surface area (Å²) in [6.45, 7) is 5.50. The van der Waals surface area contributed by atoms with Crippen molar-refractivity contribution in [1.82, 2.24) is 19.2 Å². The van der Waals surface area contributed by atoms with E-state index < -0.39 is 10.0 Å². The highest BCUT2D eigenvalue weighted by Gasteiger charge is 2.24. The summed E-state index contributed by atoms with van der Waals surface area (Å²) in [6, 6.07) is 18.5. The van der Waals surface area contributed by atoms with Crippen molar-refractivity contribution >= 4 is 33.0 Å². The average Bonchev–Trinajstić information content (AvgIpc) is 3.30. The van der Waals surface area contributed by atoms with Gasteiger partial charge < -0.3 is 10.2 Å². The molecular weight excluding hydrogens is 530 g/mol. The molecule has 0 radical (unpaired) electrons. The summed E-state index contributed by atoms with van der Waals surface area (Å²) in [5.74, 6) is -0.465. The lowest BCUT2D eigenvalue weighted by atomic mass is 10.1. The third-order valence-electron chi connectivity index (χ3n) is 6.97. The van der Waals surface area contributed by atoms with E-state index >= 15 is 0 Å². The number of rotatable bonds is 8. The zero-order valence-corrected chi connectivity index (χ0v) is 22.9. The number of carbonyl (C=O) groups is 1. The highest BCUT2D eigenvalue weighted by molar-refractivity contribution is 7.90. The Labute approximate surface area is 232 Å². The standard InChI is InChI=1S/C29H31N5O5S/c1-21-6-10-25(11-7-21)40(38,39)34-19-23(26-4-2-3-5-27(26)34)18-32-12-14-33(15-13-32)20-29(37)31-30-17-22-8-9-24(35)16-28(22)36/h2-11,16-17,19,35-36H,12-15,18,20H2,1H3,(H,31,37). The van der Waals surface area contributed by atoms with E-state index in [0.717, 1.165) is 29.6 Å². The van der Waals surface area contributed by atoms with Crippen LogP contribution < -0.4 is 5.43 Å². The Morgan fingerprint density at radius 3 is 2.40 bits per heavy atom. The summed E-state index contributed by atoms with van der Waals surface area (Å²) in [5, 5.41) is 23.9. The highest BCUT2D eigenvalue weighted by Crippen LogP contribution is 2.27. The van der Waals surface area contributed by atoms with E-state index in [-0.39, 0.29) is 28.8 Å². The number of hydrazone groups is 1. The lowest BCUT2D eigenvalue weighted by molar-refractivity contribution is -0.122. The summed E-state index contributed by atoms with van der Waals surface area (Å²) >= 11 is 0. The molecule has 1 aliphatic heterocycles. The van der Waals surface area contributed by atoms with E-state index in [1.165, 1.54) is 28.4 Å². The van der Waals surface area contributed by atoms with Crippen LogP contribution in [0.3, 0.4) is 0 Å². The van der Waals surface area contributed by atoms with Gasteiger partial charge in [-0.05, 0) is 42.8 Å². The van der Waals surface area contributed by atoms with Crippen molar-refractivity contribution in [2.24, 2.45) is 5.10 Å². The Morgan fingerprint density at radius 2 is 1.68 bits per heavy atom. The number of nitrogens with zero attached hydrogens (tertiary/aromatic N) is 4. The van der Waals surface area contributed by atoms with Gasteiger partial charge in [0.15, 0.2) is 0 Å². The maximum atomic E-state index is 13.5. The van der Waals surface area contributed by atoms with Crippen molar-refractivity contribution in [3.63, 3.8) is 0 Å². The van der Waals surface area contributed by atoms with Crippen molar-refractivity contribution < 1.29 is 23.4 Å². The van der Waals surface area contributed by atoms with Gasteiger partial charge in [-0.25, -0.2) is 17.8 Å². The Morgan fingerprint density at radius 1 is 0.975 bits per heavy atom. The summed E-state index contributed by atoms with van der Waals surface area (Å²) in [6.07, 6.45) is 3.05. The fourth-order valence-corrected chi connectivity index (χ4v) is 6.16. The second-order valence-corrected chi connectivity index (χ2v) is 11.7. The number of hydrogen-bond donors (Lipinski definition) is 3. The van der Waals surface area contributed by atoms with E-state index in [1.807, 2.05) is 36.1 Å². The zero-order chi connectivity index (χ0) is 28.3. The highest BCUT2D eigenvalue weighted by atomic mass is 32.2. The number of amides is 1. The van der Waals surface area contributed by atoms with Crippen molar-refractivity contribution in [3.05, 3.63) is 89.6 Å². The molecule has 3 N–H and O–H groups in total. The van der Waals surface area contributed by atoms with Gasteiger partial charge in [-0.15, -0.1) is 0 Å². The van der Waals surface area contributed by atoms with Gasteiger partial charge in [-0.3, -0.25) is 14.6 Å². The summed E-state index contributed by atoms with van der Waals surface area (Å²) in [7, 11) is -3.75. The van der Waals surface area contributed by atoms with Gasteiger partial charge in [0.1, 0.15) is 11.5 Å². The van der Waals surface area contributed by atoms with Crippen LogP contribution in [0.15, 0.2) is 82.9 Å². The first-order valence-electron chi connectivity index (χ1n) is 12.9. The summed E-state index contributed by atoms with van der Waals surface area (Å²) < 4.78 is 28.3. The Bertz CT molecular complexity index is 1660. The topological polar surface area (TPSA) is 127 Å². The number of phenols is 2. The molecule has 5 rings (SSSR count). The van der Waals surface area contributed by atoms with Gasteiger partial charge in [-0.2, -0.15) is 5.10 Å². The van der Waals surface area contributed by atoms with Crippen molar-refractivity contribution in [2.75, 3.05) is 32.7 Å². The smallest absolute Gasteiger partial charge is 0.268 e. The quantitative estimate of drug-likeness (QED) is 0.223. The number of benzene rings is 3. The molecule has 1 aromatic heterocycles. The number of hydrogen-bond acceptors (Lipinski definition) is 8. The van der Waals surface area contributed by atoms with Crippen LogP contribution in [0.5, 0.6) is 11.5 Å². The van der Waals surface area contributed by atoms with Gasteiger partial charge in [0.05, 0.1) is 23.2 Å². The van der Waals surface area contributed by atoms with Crippen LogP contribution in [0.2, 0.25) is 0 Å². The third-order valence-corrected chi connectivity index (χ3v) is 8.66. The Kier molecular flexibility index (Phi) is 7.88. The summed E-state index contributed by atoms with van der Waals surface area (Å²) in [5.41, 5.74) is 5.42. The molecule has 0 bridgehead atoms. The molecule has 0 aliphatic carbocycles. The molecule has 1 amide bonds. The molecule has 0 atom stereocenters. The number of para-hydroxylation sites is 1. The minimum atomic E-state index is -3.75. The van der Waals surface area contributed by atoms with E-state index in [4.69, 9.17) is 0 Å². The monoisotopic (exact) mass is 561 g/mol. The normalized spacial score (nSPS) is 15.1. The molecule has 0 spiro atoms. The van der Waals surface area contributed by atoms with Gasteiger partial charge in [0, 0.05) is 55.9 Å². The molecule has 10 nitrogen and oxygen atoms in total. The maximum absolute atomic E-state index is 13.5. The van der Waals surface area contributed by atoms with Crippen LogP contribution in [0.25, 0.3) is 10.9 Å². The second-order valence-electron chi connectivity index (χ2n) is 9.87. The fraction of sp³-hybridized carbons (Fsp3) is 0.241. The molecule has 4 aromatic rings. The molecular formula is C29H31N5O5S. The average molecular weight is 562 g/mol. The molecule has 1 aliphatic rings. The van der Waals surface area contributed by atoms with E-state index in [1.54, 1.807) is 30.5 Å². The lowest BCUT2D eigenvalue weighted by Gasteiger charge is -2.34. The molecule has 0 unspecified atom stereocenters. The number of phenolic OH excluding ortho intramolecular Hbond substituents is 2. The summed E-state index contributed by atoms with van der Waals surface area (Å²) in [4.78, 5) is 16.9. The second kappa shape index (κ2) is 11.5. The van der Waals surface area contributed by atoms with Crippen LogP contribution in [0.4, 0.5) is 0 Å². The molecule has 1 saturated heterocycles. The zero-order valence-electron chi connectivity index (χ0n) is 22.1. The number of carbonyl (C=O) groups excluding carboxylic acids is 1. The first-order chi connectivity index (χ1) is 19.2. The minimum absolute atomic E-state index is 0.0594. The van der Waals surface area contributed by atoms with Gasteiger partial charge in [0.25, 0.3) is 15.9 Å². The third kappa shape index (κ3) is 6.01. The van der Waals surface area contributed by atoms with Crippen LogP contribution in [0.1, 0.15) is 16.7 Å². The Balaban J connectivity index is 1.20. The molecule has 0 saturated carbocycles. The van der Waals surface area contributed by atoms with E-state index in [9.17, 15) is 23.4 Å². The molecule has 40 heavy (non-hydrogen) atoms. The predicted molar refractivity (Wildman–Crippen MR) is 153 cm³/mol. The number of aryl methyl sites for hydroxylation is 1. The lowest BCUT2D eigenvalue weighted by Crippen LogP contribution is -2.48. The predicted octanol–water partition coefficient (Wildman–Crippen LogP) is 2.87. The van der Waals surface area contributed by atoms with Crippen LogP contribution in [-0.4, -0.2) is 77.2 Å². The van der Waals surface area contributed by atoms with Crippen LogP contribution >= 0.6 is 0 Å². The number of piperazine rings is 1. The maximum Gasteiger partial charge on any atom is 0.268 e. The van der Waals surface area contributed by atoms with Crippen molar-refractivity contribution in [3.8, 4) is 11.5 Å². The first kappa shape index (κ1) is 27.4. The molecule has 2 heterocycles. The number of aromatic hydroxyl groups is 2. The van der Waals surface area contributed by atoms with Crippen molar-refractivity contribution in [2.45, 2.75) is 18.4 Å². The van der Waals surface area contributed by atoms with Gasteiger partial charge in [0.2, 0.25) is 0 Å². The molecule has 208 valence electrons. The number of fused-ring (bicyclic) bond motifs is 1. The first-order valence-corrected chi connectivity index (χ1v) is 14.3. The Hall–Kier alpha value is -4.19. The van der Waals surface area contributed by atoms with E-state index in [2.05, 4.69) is 15.4 Å². The number of aromatic nitrogens is 1. The minimum Gasteiger partial charge on any atom is -0.508 e. The van der Waals surface area contributed by atoms with E-state index in [0.29, 0.717) is 30.7 Å². The van der Waals surface area contributed by atoms with Crippen molar-refractivity contribution in [1.29, 1.82) is 0 Å². The molecule has 1 fully saturated rings. The van der Waals surface area contributed by atoms with Crippen LogP contribution in [0, 0.1) is 6.92 Å².